The molecule has 0 radical (unpaired) electrons. The highest BCUT2D eigenvalue weighted by Gasteiger charge is 2.55. The van der Waals surface area contributed by atoms with Crippen LogP contribution in [0, 0.1) is 0 Å². The number of ether oxygens (including phenoxy) is 7. The summed E-state index contributed by atoms with van der Waals surface area (Å²) in [6.45, 7) is -0.961. The van der Waals surface area contributed by atoms with Crippen LogP contribution < -0.4 is 53.4 Å². The Labute approximate surface area is 554 Å². The van der Waals surface area contributed by atoms with Crippen LogP contribution in [-0.2, 0) is 63.6 Å². The number of unbranched alkanes of at least 4 members (excludes halogenated alkanes) is 2. The molecule has 538 valence electrons. The smallest absolute Gasteiger partial charge is 0.246 e. The van der Waals surface area contributed by atoms with E-state index >= 15 is 9.59 Å². The van der Waals surface area contributed by atoms with E-state index < -0.39 is 239 Å². The molecule has 0 aromatic heterocycles. The molecule has 5 fully saturated rings. The first-order valence-corrected chi connectivity index (χ1v) is 31.9. The maximum Gasteiger partial charge on any atom is 0.246 e. The summed E-state index contributed by atoms with van der Waals surface area (Å²) in [7, 11) is 0. The van der Waals surface area contributed by atoms with Crippen LogP contribution >= 0.6 is 0 Å². The van der Waals surface area contributed by atoms with Crippen LogP contribution in [0.2, 0.25) is 0 Å². The number of hydrogen-bond acceptors (Lipinski definition) is 31. The Bertz CT molecular complexity index is 3070. The van der Waals surface area contributed by atoms with Crippen molar-refractivity contribution in [3.8, 4) is 5.75 Å². The maximum absolute atomic E-state index is 15.2. The van der Waals surface area contributed by atoms with Gasteiger partial charge >= 0.3 is 0 Å². The lowest BCUT2D eigenvalue weighted by Gasteiger charge is -2.48. The SMILES string of the molecule is CCCCCC1OC[C@H]2O[C@H](O[C@H]3[C@H](O)[C@H](O)[C@@H](Oc4ccc(C[C@H]5NC(=O)C([C@@H](C)c6ccccc6)NC(=O)CNC(=O)[C@H](CO)NC(=O)[C@@H]([C@@H](O)[C@@H]6CN=C(N)N6[C@H]6O[C@H](CO)[C@@H](O)[C@H](O)[C@@H]6O)NC(=O)[C@H]([C@@H](O)[C@@H]6CNC(N)=N6)NC5=O)cc4)O[C@@H]3CO)[C@@H](O)[C@@H](O)[C@@H]2O1. The molecule has 0 saturated carbocycles. The second kappa shape index (κ2) is 33.2. The Balaban J connectivity index is 0.985. The van der Waals surface area contributed by atoms with Crippen LogP contribution in [-0.4, -0.2) is 312 Å². The fourth-order valence-corrected chi connectivity index (χ4v) is 12.5. The standard InChI is InChI=1S/C60H88N12O25/c1-3-4-6-11-36-91-23-34-50(96-36)45(82)48(85)58(95-34)97-49-33(22-75)94-57(47(84)44(49)81)92-27-14-12-25(13-15-27)16-28-52(87)70-38(40(77)29-17-64-59(61)68-29)55(90)71-39(41(78)31-18-65-60(62)72(31)56-46(83)43(80)42(79)32(21-74)93-56)54(89)67-30(20-73)51(86)63-19-35(76)69-37(53(88)66-28)24(2)26-9-7-5-8-10-26/h5,7-10,12-15,24,28-34,36-50,56-58,73-75,77-85H,3-4,6,11,16-23H2,1-2H3,(H2,62,65)(H,63,86)(H,66,88)(H,67,89)(H,69,76)(H,70,87)(H,71,90)(H3,61,64,68)/t24-,28+,29-,30-,31-,32+,33+,34+,36?,37?,38-,39+,40-,41-,42+,43-,44+,45+,46-,47-,48-,49+,50+,56-,57-,58+/m0/s1. The van der Waals surface area contributed by atoms with Gasteiger partial charge < -0.3 is 148 Å². The predicted molar refractivity (Wildman–Crippen MR) is 329 cm³/mol. The summed E-state index contributed by atoms with van der Waals surface area (Å²) in [5.74, 6) is -8.88. The number of carbonyl (C=O) groups is 6. The van der Waals surface area contributed by atoms with E-state index in [1.165, 1.54) is 24.3 Å². The average molecular weight is 1380 g/mol. The van der Waals surface area contributed by atoms with E-state index in [1.54, 1.807) is 37.3 Å². The van der Waals surface area contributed by atoms with Crippen LogP contribution in [0.1, 0.15) is 56.6 Å². The Morgan fingerprint density at radius 3 is 1.98 bits per heavy atom. The van der Waals surface area contributed by atoms with Crippen molar-refractivity contribution >= 4 is 47.4 Å². The number of nitrogens with two attached hydrogens (primary N) is 2. The Morgan fingerprint density at radius 1 is 0.649 bits per heavy atom. The predicted octanol–water partition coefficient (Wildman–Crippen LogP) is -10.6. The number of fused-ring (bicyclic) bond motifs is 1. The molecule has 7 aliphatic rings. The minimum Gasteiger partial charge on any atom is -0.462 e. The lowest BCUT2D eigenvalue weighted by Crippen LogP contribution is -2.70. The molecule has 23 N–H and O–H groups in total. The van der Waals surface area contributed by atoms with E-state index in [-0.39, 0.29) is 30.4 Å². The van der Waals surface area contributed by atoms with Crippen LogP contribution in [0.4, 0.5) is 0 Å². The monoisotopic (exact) mass is 1380 g/mol. The van der Waals surface area contributed by atoms with Crippen molar-refractivity contribution < 1.29 is 123 Å². The number of rotatable bonds is 20. The van der Waals surface area contributed by atoms with E-state index in [1.807, 2.05) is 6.92 Å². The molecule has 0 bridgehead atoms. The van der Waals surface area contributed by atoms with Gasteiger partial charge in [-0.05, 0) is 36.1 Å². The molecule has 0 aliphatic carbocycles. The highest BCUT2D eigenvalue weighted by molar-refractivity contribution is 5.98. The van der Waals surface area contributed by atoms with Crippen molar-refractivity contribution in [1.29, 1.82) is 0 Å². The number of aliphatic imine (C=N–C) groups is 2. The molecule has 2 aromatic carbocycles. The third kappa shape index (κ3) is 17.1. The number of carbonyl (C=O) groups excluding carboxylic acids is 6. The van der Waals surface area contributed by atoms with Crippen LogP contribution in [0.25, 0.3) is 0 Å². The van der Waals surface area contributed by atoms with Crippen molar-refractivity contribution in [2.75, 3.05) is 46.1 Å². The van der Waals surface area contributed by atoms with Crippen molar-refractivity contribution in [3.63, 3.8) is 0 Å². The average Bonchev–Trinajstić information content (AvgIpc) is 1.70. The number of nitrogens with one attached hydrogen (secondary N) is 7. The van der Waals surface area contributed by atoms with Gasteiger partial charge in [-0.25, -0.2) is 4.99 Å². The number of nitrogens with zero attached hydrogens (tertiary/aromatic N) is 3. The van der Waals surface area contributed by atoms with Gasteiger partial charge in [0.05, 0.1) is 51.6 Å². The highest BCUT2D eigenvalue weighted by Crippen LogP contribution is 2.35. The quantitative estimate of drug-likeness (QED) is 0.0547. The molecule has 2 aromatic rings. The van der Waals surface area contributed by atoms with Crippen molar-refractivity contribution in [2.45, 2.75) is 205 Å². The number of hydrogen-bond donors (Lipinski definition) is 21. The number of aliphatic hydroxyl groups excluding tert-OH is 12. The van der Waals surface area contributed by atoms with Crippen molar-refractivity contribution in [2.24, 2.45) is 21.5 Å². The Morgan fingerprint density at radius 2 is 1.31 bits per heavy atom. The van der Waals surface area contributed by atoms with Crippen molar-refractivity contribution in [3.05, 3.63) is 65.7 Å². The summed E-state index contributed by atoms with van der Waals surface area (Å²) in [5, 5.41) is 150. The van der Waals surface area contributed by atoms with Gasteiger partial charge in [0, 0.05) is 18.9 Å². The zero-order chi connectivity index (χ0) is 70.1. The fraction of sp³-hybridized carbons (Fsp3) is 0.667. The lowest BCUT2D eigenvalue weighted by atomic mass is 9.92. The van der Waals surface area contributed by atoms with E-state index in [4.69, 9.17) is 44.6 Å². The van der Waals surface area contributed by atoms with Gasteiger partial charge in [-0.3, -0.25) is 33.8 Å². The highest BCUT2D eigenvalue weighted by atomic mass is 16.8. The summed E-state index contributed by atoms with van der Waals surface area (Å²) >= 11 is 0. The zero-order valence-corrected chi connectivity index (χ0v) is 52.9. The Kier molecular flexibility index (Phi) is 25.3. The first-order valence-electron chi connectivity index (χ1n) is 31.9. The lowest BCUT2D eigenvalue weighted by molar-refractivity contribution is -0.381. The minimum absolute atomic E-state index is 0.0229. The number of guanidine groups is 2. The Hall–Kier alpha value is -7.12. The summed E-state index contributed by atoms with van der Waals surface area (Å²) in [4.78, 5) is 96.5. The van der Waals surface area contributed by atoms with Gasteiger partial charge in [0.2, 0.25) is 41.7 Å². The minimum atomic E-state index is -2.34. The summed E-state index contributed by atoms with van der Waals surface area (Å²) in [6, 6.07) is 0.990. The molecule has 0 spiro atoms. The molecule has 2 unspecified atom stereocenters. The van der Waals surface area contributed by atoms with Gasteiger partial charge in [0.25, 0.3) is 0 Å². The molecule has 5 saturated heterocycles. The molecule has 97 heavy (non-hydrogen) atoms. The zero-order valence-electron chi connectivity index (χ0n) is 52.9. The molecule has 9 rings (SSSR count). The first-order chi connectivity index (χ1) is 46.4. The summed E-state index contributed by atoms with van der Waals surface area (Å²) in [5.41, 5.74) is 12.9. The summed E-state index contributed by atoms with van der Waals surface area (Å²) in [6.07, 6.45) is -26.7. The molecule has 6 amide bonds. The van der Waals surface area contributed by atoms with E-state index in [2.05, 4.69) is 47.2 Å². The molecular formula is C60H88N12O25. The normalized spacial score (nSPS) is 37.4. The topological polar surface area (TPSA) is 574 Å². The van der Waals surface area contributed by atoms with Crippen LogP contribution in [0.3, 0.4) is 0 Å². The van der Waals surface area contributed by atoms with Crippen molar-refractivity contribution in [1.82, 2.24) is 42.1 Å². The fourth-order valence-electron chi connectivity index (χ4n) is 12.5. The van der Waals surface area contributed by atoms with Gasteiger partial charge in [-0.2, -0.15) is 0 Å². The van der Waals surface area contributed by atoms with Gasteiger partial charge in [0.1, 0.15) is 121 Å². The third-order valence-electron chi connectivity index (χ3n) is 18.1. The second-order valence-corrected chi connectivity index (χ2v) is 24.7. The molecule has 37 nitrogen and oxygen atoms in total. The number of aliphatic hydroxyl groups is 12. The number of benzene rings is 2. The molecule has 37 heteroatoms. The molecule has 7 aliphatic heterocycles. The van der Waals surface area contributed by atoms with E-state index in [0.717, 1.165) is 24.2 Å². The van der Waals surface area contributed by atoms with Gasteiger partial charge in [-0.1, -0.05) is 69.2 Å². The molecule has 7 heterocycles. The molecular weight excluding hydrogens is 1290 g/mol. The third-order valence-corrected chi connectivity index (χ3v) is 18.1. The van der Waals surface area contributed by atoms with Gasteiger partial charge in [-0.15, -0.1) is 0 Å². The van der Waals surface area contributed by atoms with E-state index in [9.17, 15) is 80.5 Å². The number of amides is 6. The van der Waals surface area contributed by atoms with Crippen LogP contribution in [0.15, 0.2) is 64.6 Å². The van der Waals surface area contributed by atoms with E-state index in [0.29, 0.717) is 12.0 Å². The maximum atomic E-state index is 15.2. The summed E-state index contributed by atoms with van der Waals surface area (Å²) < 4.78 is 41.1. The largest absolute Gasteiger partial charge is 0.462 e. The molecule has 26 atom stereocenters. The van der Waals surface area contributed by atoms with Crippen LogP contribution in [0.5, 0.6) is 5.75 Å². The first kappa shape index (κ1) is 74.1. The van der Waals surface area contributed by atoms with Gasteiger partial charge in [0.15, 0.2) is 30.7 Å². The second-order valence-electron chi connectivity index (χ2n) is 24.7.